The standard InChI is InChI=1S/C12H25N3/c1-10(2)7-11-9-15(6-5-14-11)12-3-4-13-8-12/h10-14H,3-9H2,1-2H3. The zero-order valence-corrected chi connectivity index (χ0v) is 10.1. The summed E-state index contributed by atoms with van der Waals surface area (Å²) >= 11 is 0. The number of nitrogens with one attached hydrogen (secondary N) is 2. The molecule has 88 valence electrons. The Morgan fingerprint density at radius 2 is 2.20 bits per heavy atom. The van der Waals surface area contributed by atoms with E-state index in [2.05, 4.69) is 29.4 Å². The molecular weight excluding hydrogens is 186 g/mol. The molecule has 2 rings (SSSR count). The topological polar surface area (TPSA) is 27.3 Å². The van der Waals surface area contributed by atoms with Crippen LogP contribution in [0.1, 0.15) is 26.7 Å². The predicted octanol–water partition coefficient (Wildman–Crippen LogP) is 0.668. The summed E-state index contributed by atoms with van der Waals surface area (Å²) in [5.74, 6) is 0.809. The molecule has 2 atom stereocenters. The lowest BCUT2D eigenvalue weighted by Gasteiger charge is -2.37. The minimum absolute atomic E-state index is 0.722. The van der Waals surface area contributed by atoms with Gasteiger partial charge in [0.2, 0.25) is 0 Å². The third-order valence-corrected chi connectivity index (χ3v) is 3.59. The van der Waals surface area contributed by atoms with Crippen LogP contribution in [0, 0.1) is 5.92 Å². The summed E-state index contributed by atoms with van der Waals surface area (Å²) in [4.78, 5) is 2.68. The first-order chi connectivity index (χ1) is 7.25. The Morgan fingerprint density at radius 3 is 2.87 bits per heavy atom. The second-order valence-corrected chi connectivity index (χ2v) is 5.42. The summed E-state index contributed by atoms with van der Waals surface area (Å²) in [5.41, 5.74) is 0. The lowest BCUT2D eigenvalue weighted by atomic mass is 10.0. The number of hydrogen-bond acceptors (Lipinski definition) is 3. The first-order valence-electron chi connectivity index (χ1n) is 6.44. The molecule has 15 heavy (non-hydrogen) atoms. The van der Waals surface area contributed by atoms with Crippen molar-refractivity contribution >= 4 is 0 Å². The highest BCUT2D eigenvalue weighted by Crippen LogP contribution is 2.14. The van der Waals surface area contributed by atoms with Gasteiger partial charge in [-0.15, -0.1) is 0 Å². The SMILES string of the molecule is CC(C)CC1CN(C2CCNC2)CCN1. The highest BCUT2D eigenvalue weighted by Gasteiger charge is 2.27. The minimum atomic E-state index is 0.722. The van der Waals surface area contributed by atoms with Crippen molar-refractivity contribution in [2.45, 2.75) is 38.8 Å². The largest absolute Gasteiger partial charge is 0.315 e. The summed E-state index contributed by atoms with van der Waals surface area (Å²) in [6.45, 7) is 10.7. The van der Waals surface area contributed by atoms with E-state index in [0.29, 0.717) is 0 Å². The zero-order chi connectivity index (χ0) is 10.7. The van der Waals surface area contributed by atoms with Crippen LogP contribution < -0.4 is 10.6 Å². The van der Waals surface area contributed by atoms with Gasteiger partial charge in [-0.25, -0.2) is 0 Å². The predicted molar refractivity (Wildman–Crippen MR) is 64.1 cm³/mol. The van der Waals surface area contributed by atoms with Gasteiger partial charge in [0.25, 0.3) is 0 Å². The summed E-state index contributed by atoms with van der Waals surface area (Å²) in [6.07, 6.45) is 2.66. The van der Waals surface area contributed by atoms with Gasteiger partial charge in [-0.2, -0.15) is 0 Å². The molecule has 0 radical (unpaired) electrons. The molecule has 3 nitrogen and oxygen atoms in total. The quantitative estimate of drug-likeness (QED) is 0.718. The van der Waals surface area contributed by atoms with Gasteiger partial charge in [0.15, 0.2) is 0 Å². The highest BCUT2D eigenvalue weighted by atomic mass is 15.2. The van der Waals surface area contributed by atoms with Crippen LogP contribution >= 0.6 is 0 Å². The molecule has 2 N–H and O–H groups in total. The Hall–Kier alpha value is -0.120. The molecule has 0 saturated carbocycles. The van der Waals surface area contributed by atoms with Crippen LogP contribution in [-0.4, -0.2) is 49.7 Å². The van der Waals surface area contributed by atoms with E-state index >= 15 is 0 Å². The fourth-order valence-electron chi connectivity index (χ4n) is 2.86. The maximum atomic E-state index is 3.64. The van der Waals surface area contributed by atoms with Crippen molar-refractivity contribution in [2.24, 2.45) is 5.92 Å². The third kappa shape index (κ3) is 3.16. The molecule has 3 heteroatoms. The van der Waals surface area contributed by atoms with Crippen molar-refractivity contribution in [2.75, 3.05) is 32.7 Å². The second-order valence-electron chi connectivity index (χ2n) is 5.42. The van der Waals surface area contributed by atoms with E-state index in [1.807, 2.05) is 0 Å². The van der Waals surface area contributed by atoms with E-state index < -0.39 is 0 Å². The van der Waals surface area contributed by atoms with Crippen LogP contribution in [0.4, 0.5) is 0 Å². The Morgan fingerprint density at radius 1 is 1.33 bits per heavy atom. The highest BCUT2D eigenvalue weighted by molar-refractivity contribution is 4.87. The summed E-state index contributed by atoms with van der Waals surface area (Å²) < 4.78 is 0. The van der Waals surface area contributed by atoms with E-state index in [-0.39, 0.29) is 0 Å². The molecular formula is C12H25N3. The van der Waals surface area contributed by atoms with Crippen molar-refractivity contribution in [1.82, 2.24) is 15.5 Å². The van der Waals surface area contributed by atoms with Gasteiger partial charge in [-0.1, -0.05) is 13.8 Å². The average molecular weight is 211 g/mol. The monoisotopic (exact) mass is 211 g/mol. The summed E-state index contributed by atoms with van der Waals surface area (Å²) in [5, 5.41) is 7.10. The van der Waals surface area contributed by atoms with Crippen LogP contribution in [0.15, 0.2) is 0 Å². The fraction of sp³-hybridized carbons (Fsp3) is 1.00. The van der Waals surface area contributed by atoms with Gasteiger partial charge >= 0.3 is 0 Å². The molecule has 2 aliphatic heterocycles. The Balaban J connectivity index is 1.80. The molecule has 0 aliphatic carbocycles. The maximum Gasteiger partial charge on any atom is 0.0233 e. The molecule has 0 aromatic carbocycles. The van der Waals surface area contributed by atoms with Crippen LogP contribution in [0.5, 0.6) is 0 Å². The summed E-state index contributed by atoms with van der Waals surface area (Å²) in [7, 11) is 0. The zero-order valence-electron chi connectivity index (χ0n) is 10.1. The Labute approximate surface area is 93.6 Å². The fourth-order valence-corrected chi connectivity index (χ4v) is 2.86. The smallest absolute Gasteiger partial charge is 0.0233 e. The first kappa shape index (κ1) is 11.4. The molecule has 0 bridgehead atoms. The van der Waals surface area contributed by atoms with Crippen LogP contribution in [0.25, 0.3) is 0 Å². The van der Waals surface area contributed by atoms with E-state index in [4.69, 9.17) is 0 Å². The normalized spacial score (nSPS) is 33.8. The van der Waals surface area contributed by atoms with E-state index in [9.17, 15) is 0 Å². The van der Waals surface area contributed by atoms with E-state index in [1.165, 1.54) is 45.6 Å². The van der Waals surface area contributed by atoms with Gasteiger partial charge in [0.1, 0.15) is 0 Å². The number of hydrogen-bond donors (Lipinski definition) is 2. The molecule has 2 fully saturated rings. The third-order valence-electron chi connectivity index (χ3n) is 3.59. The van der Waals surface area contributed by atoms with Gasteiger partial charge in [-0.3, -0.25) is 4.90 Å². The number of rotatable bonds is 3. The van der Waals surface area contributed by atoms with Crippen LogP contribution in [0.2, 0.25) is 0 Å². The molecule has 2 heterocycles. The molecule has 0 aromatic heterocycles. The molecule has 2 aliphatic rings. The van der Waals surface area contributed by atoms with Crippen molar-refractivity contribution < 1.29 is 0 Å². The second kappa shape index (κ2) is 5.28. The Bertz CT molecular complexity index is 187. The number of piperazine rings is 1. The van der Waals surface area contributed by atoms with Gasteiger partial charge < -0.3 is 10.6 Å². The lowest BCUT2D eigenvalue weighted by molar-refractivity contribution is 0.143. The van der Waals surface area contributed by atoms with Crippen molar-refractivity contribution in [1.29, 1.82) is 0 Å². The number of nitrogens with zero attached hydrogens (tertiary/aromatic N) is 1. The van der Waals surface area contributed by atoms with Gasteiger partial charge in [0.05, 0.1) is 0 Å². The van der Waals surface area contributed by atoms with Gasteiger partial charge in [0, 0.05) is 38.3 Å². The van der Waals surface area contributed by atoms with Crippen LogP contribution in [0.3, 0.4) is 0 Å². The average Bonchev–Trinajstić information content (AvgIpc) is 2.69. The molecule has 0 amide bonds. The van der Waals surface area contributed by atoms with Crippen molar-refractivity contribution in [3.05, 3.63) is 0 Å². The van der Waals surface area contributed by atoms with Crippen LogP contribution in [-0.2, 0) is 0 Å². The molecule has 0 aromatic rings. The van der Waals surface area contributed by atoms with Crippen molar-refractivity contribution in [3.8, 4) is 0 Å². The van der Waals surface area contributed by atoms with Gasteiger partial charge in [-0.05, 0) is 25.3 Å². The van der Waals surface area contributed by atoms with Crippen molar-refractivity contribution in [3.63, 3.8) is 0 Å². The Kier molecular flexibility index (Phi) is 4.00. The molecule has 0 spiro atoms. The first-order valence-corrected chi connectivity index (χ1v) is 6.44. The molecule has 2 unspecified atom stereocenters. The minimum Gasteiger partial charge on any atom is -0.315 e. The molecule has 2 saturated heterocycles. The van der Waals surface area contributed by atoms with E-state index in [0.717, 1.165) is 18.0 Å². The summed E-state index contributed by atoms with van der Waals surface area (Å²) in [6, 6.07) is 1.53. The lowest BCUT2D eigenvalue weighted by Crippen LogP contribution is -2.54. The van der Waals surface area contributed by atoms with E-state index in [1.54, 1.807) is 0 Å². The maximum absolute atomic E-state index is 3.64.